The number of fused-ring (bicyclic) bond motifs is 1. The number of piperazine rings is 1. The van der Waals surface area contributed by atoms with E-state index in [1.165, 1.54) is 17.4 Å². The number of benzene rings is 1. The Bertz CT molecular complexity index is 893. The van der Waals surface area contributed by atoms with E-state index in [2.05, 4.69) is 24.8 Å². The van der Waals surface area contributed by atoms with Crippen LogP contribution in [0, 0.1) is 11.6 Å². The molecule has 0 radical (unpaired) electrons. The van der Waals surface area contributed by atoms with Crippen LogP contribution in [0.3, 0.4) is 0 Å². The standard InChI is InChI=1S/C16H15F2N5OS/c1-24-11-8-19-15(20-9-11)22-2-4-23(5-3-22)16-21-14-12(18)6-10(17)7-13(14)25-16/h6-9H,2-5H2,1H3. The van der Waals surface area contributed by atoms with E-state index in [0.29, 0.717) is 34.6 Å². The van der Waals surface area contributed by atoms with Crippen molar-refractivity contribution in [3.05, 3.63) is 36.2 Å². The van der Waals surface area contributed by atoms with E-state index in [1.54, 1.807) is 19.5 Å². The van der Waals surface area contributed by atoms with E-state index >= 15 is 0 Å². The molecule has 9 heteroatoms. The zero-order chi connectivity index (χ0) is 17.4. The van der Waals surface area contributed by atoms with E-state index < -0.39 is 11.6 Å². The second kappa shape index (κ2) is 6.40. The minimum Gasteiger partial charge on any atom is -0.494 e. The van der Waals surface area contributed by atoms with Crippen molar-refractivity contribution in [2.45, 2.75) is 0 Å². The van der Waals surface area contributed by atoms with Crippen molar-refractivity contribution in [2.75, 3.05) is 43.1 Å². The molecule has 0 saturated carbocycles. The van der Waals surface area contributed by atoms with Gasteiger partial charge in [-0.3, -0.25) is 0 Å². The molecule has 3 heterocycles. The summed E-state index contributed by atoms with van der Waals surface area (Å²) in [6, 6.07) is 2.19. The summed E-state index contributed by atoms with van der Waals surface area (Å²) in [5.74, 6) is 0.0634. The number of nitrogens with zero attached hydrogens (tertiary/aromatic N) is 5. The van der Waals surface area contributed by atoms with E-state index in [-0.39, 0.29) is 5.52 Å². The molecule has 1 aliphatic heterocycles. The first kappa shape index (κ1) is 15.9. The Morgan fingerprint density at radius 3 is 2.40 bits per heavy atom. The van der Waals surface area contributed by atoms with Gasteiger partial charge in [0.15, 0.2) is 16.7 Å². The average molecular weight is 363 g/mol. The highest BCUT2D eigenvalue weighted by molar-refractivity contribution is 7.22. The predicted molar refractivity (Wildman–Crippen MR) is 92.5 cm³/mol. The van der Waals surface area contributed by atoms with Crippen LogP contribution in [0.5, 0.6) is 5.75 Å². The van der Waals surface area contributed by atoms with Crippen molar-refractivity contribution in [2.24, 2.45) is 0 Å². The molecule has 1 fully saturated rings. The fraction of sp³-hybridized carbons (Fsp3) is 0.312. The molecule has 1 aliphatic rings. The highest BCUT2D eigenvalue weighted by Crippen LogP contribution is 2.31. The molecule has 25 heavy (non-hydrogen) atoms. The van der Waals surface area contributed by atoms with Crippen molar-refractivity contribution in [3.8, 4) is 5.75 Å². The van der Waals surface area contributed by atoms with Gasteiger partial charge in [-0.2, -0.15) is 0 Å². The molecule has 4 rings (SSSR count). The maximum absolute atomic E-state index is 13.8. The second-order valence-corrected chi connectivity index (χ2v) is 6.64. The Morgan fingerprint density at radius 1 is 1.04 bits per heavy atom. The molecular formula is C16H15F2N5OS. The summed E-state index contributed by atoms with van der Waals surface area (Å²) in [4.78, 5) is 17.1. The molecule has 0 aliphatic carbocycles. The molecule has 0 N–H and O–H groups in total. The van der Waals surface area contributed by atoms with Gasteiger partial charge >= 0.3 is 0 Å². The highest BCUT2D eigenvalue weighted by atomic mass is 32.1. The first-order valence-electron chi connectivity index (χ1n) is 7.75. The second-order valence-electron chi connectivity index (χ2n) is 5.63. The fourth-order valence-electron chi connectivity index (χ4n) is 2.76. The van der Waals surface area contributed by atoms with Gasteiger partial charge in [-0.1, -0.05) is 11.3 Å². The smallest absolute Gasteiger partial charge is 0.225 e. The first-order valence-corrected chi connectivity index (χ1v) is 8.57. The van der Waals surface area contributed by atoms with Gasteiger partial charge < -0.3 is 14.5 Å². The Labute approximate surface area is 146 Å². The molecule has 0 atom stereocenters. The normalized spacial score (nSPS) is 15.0. The molecule has 6 nitrogen and oxygen atoms in total. The van der Waals surface area contributed by atoms with Gasteiger partial charge in [-0.05, 0) is 6.07 Å². The first-order chi connectivity index (χ1) is 12.1. The van der Waals surface area contributed by atoms with E-state index in [9.17, 15) is 8.78 Å². The van der Waals surface area contributed by atoms with Crippen molar-refractivity contribution in [1.82, 2.24) is 15.0 Å². The van der Waals surface area contributed by atoms with E-state index in [0.717, 1.165) is 19.2 Å². The maximum Gasteiger partial charge on any atom is 0.225 e. The molecule has 130 valence electrons. The van der Waals surface area contributed by atoms with Gasteiger partial charge in [0.05, 0.1) is 24.2 Å². The van der Waals surface area contributed by atoms with Crippen LogP contribution in [0.15, 0.2) is 24.5 Å². The highest BCUT2D eigenvalue weighted by Gasteiger charge is 2.22. The van der Waals surface area contributed by atoms with Gasteiger partial charge in [-0.25, -0.2) is 23.7 Å². The minimum absolute atomic E-state index is 0.224. The van der Waals surface area contributed by atoms with Gasteiger partial charge in [0.2, 0.25) is 5.95 Å². The zero-order valence-corrected chi connectivity index (χ0v) is 14.3. The van der Waals surface area contributed by atoms with Crippen LogP contribution in [-0.2, 0) is 0 Å². The summed E-state index contributed by atoms with van der Waals surface area (Å²) in [5.41, 5.74) is 0.224. The summed E-state index contributed by atoms with van der Waals surface area (Å²) >= 11 is 1.30. The largest absolute Gasteiger partial charge is 0.494 e. The number of hydrogen-bond acceptors (Lipinski definition) is 7. The number of anilines is 2. The van der Waals surface area contributed by atoms with Crippen LogP contribution in [0.1, 0.15) is 0 Å². The van der Waals surface area contributed by atoms with Gasteiger partial charge in [-0.15, -0.1) is 0 Å². The lowest BCUT2D eigenvalue weighted by molar-refractivity contribution is 0.410. The summed E-state index contributed by atoms with van der Waals surface area (Å²) in [6.07, 6.45) is 3.28. The van der Waals surface area contributed by atoms with E-state index in [1.807, 2.05) is 0 Å². The molecular weight excluding hydrogens is 348 g/mol. The monoisotopic (exact) mass is 363 g/mol. The van der Waals surface area contributed by atoms with Crippen molar-refractivity contribution in [1.29, 1.82) is 0 Å². The van der Waals surface area contributed by atoms with Crippen LogP contribution in [0.25, 0.3) is 10.2 Å². The topological polar surface area (TPSA) is 54.4 Å². The number of halogens is 2. The van der Waals surface area contributed by atoms with Crippen molar-refractivity contribution >= 4 is 32.6 Å². The average Bonchev–Trinajstić information content (AvgIpc) is 3.06. The Morgan fingerprint density at radius 2 is 1.72 bits per heavy atom. The van der Waals surface area contributed by atoms with Crippen LogP contribution in [0.4, 0.5) is 19.9 Å². The van der Waals surface area contributed by atoms with Crippen molar-refractivity contribution in [3.63, 3.8) is 0 Å². The number of thiazole rings is 1. The predicted octanol–water partition coefficient (Wildman–Crippen LogP) is 2.70. The summed E-state index contributed by atoms with van der Waals surface area (Å²) in [7, 11) is 1.57. The minimum atomic E-state index is -0.622. The molecule has 0 spiro atoms. The number of ether oxygens (including phenoxy) is 1. The summed E-state index contributed by atoms with van der Waals surface area (Å²) < 4.78 is 32.7. The van der Waals surface area contributed by atoms with Gasteiger partial charge in [0.25, 0.3) is 0 Å². The number of aromatic nitrogens is 3. The molecule has 0 unspecified atom stereocenters. The lowest BCUT2D eigenvalue weighted by atomic mass is 10.3. The van der Waals surface area contributed by atoms with Gasteiger partial charge in [0.1, 0.15) is 11.3 Å². The lowest BCUT2D eigenvalue weighted by Gasteiger charge is -2.34. The van der Waals surface area contributed by atoms with Crippen LogP contribution >= 0.6 is 11.3 Å². The third-order valence-corrected chi connectivity index (χ3v) is 5.15. The summed E-state index contributed by atoms with van der Waals surface area (Å²) in [5, 5.41) is 0.704. The Hall–Kier alpha value is -2.55. The molecule has 0 bridgehead atoms. The third-order valence-electron chi connectivity index (χ3n) is 4.09. The number of methoxy groups -OCH3 is 1. The maximum atomic E-state index is 13.8. The van der Waals surface area contributed by atoms with Crippen LogP contribution in [0.2, 0.25) is 0 Å². The molecule has 1 aromatic carbocycles. The van der Waals surface area contributed by atoms with Crippen LogP contribution < -0.4 is 14.5 Å². The van der Waals surface area contributed by atoms with Crippen LogP contribution in [-0.4, -0.2) is 48.2 Å². The molecule has 1 saturated heterocycles. The van der Waals surface area contributed by atoms with Gasteiger partial charge in [0, 0.05) is 32.2 Å². The summed E-state index contributed by atoms with van der Waals surface area (Å²) in [6.45, 7) is 2.86. The van der Waals surface area contributed by atoms with E-state index in [4.69, 9.17) is 4.74 Å². The number of hydrogen-bond donors (Lipinski definition) is 0. The fourth-order valence-corrected chi connectivity index (χ4v) is 3.81. The quantitative estimate of drug-likeness (QED) is 0.713. The zero-order valence-electron chi connectivity index (χ0n) is 13.4. The Kier molecular flexibility index (Phi) is 4.08. The Balaban J connectivity index is 1.49. The van der Waals surface area contributed by atoms with Crippen molar-refractivity contribution < 1.29 is 13.5 Å². The lowest BCUT2D eigenvalue weighted by Crippen LogP contribution is -2.47. The number of rotatable bonds is 3. The third kappa shape index (κ3) is 3.07. The molecule has 3 aromatic rings. The molecule has 0 amide bonds. The molecule has 2 aromatic heterocycles. The SMILES string of the molecule is COc1cnc(N2CCN(c3nc4c(F)cc(F)cc4s3)CC2)nc1.